The predicted molar refractivity (Wildman–Crippen MR) is 83.2 cm³/mol. The van der Waals surface area contributed by atoms with E-state index in [-0.39, 0.29) is 6.42 Å². The summed E-state index contributed by atoms with van der Waals surface area (Å²) in [5, 5.41) is 0. The maximum absolute atomic E-state index is 12.9. The third-order valence-electron chi connectivity index (χ3n) is 4.53. The lowest BCUT2D eigenvalue weighted by Gasteiger charge is -2.35. The van der Waals surface area contributed by atoms with Crippen molar-refractivity contribution in [3.05, 3.63) is 11.3 Å². The molecule has 1 atom stereocenters. The Kier molecular flexibility index (Phi) is 8.09. The van der Waals surface area contributed by atoms with Gasteiger partial charge in [-0.2, -0.15) is 39.5 Å². The molecule has 0 aliphatic carbocycles. The summed E-state index contributed by atoms with van der Waals surface area (Å²) in [5.41, 5.74) is -5.45. The number of ketones is 1. The van der Waals surface area contributed by atoms with E-state index in [4.69, 9.17) is 4.74 Å². The van der Waals surface area contributed by atoms with Crippen LogP contribution in [0.2, 0.25) is 0 Å². The highest BCUT2D eigenvalue weighted by Gasteiger charge is 2.51. The number of hydrogen-bond acceptors (Lipinski definition) is 2. The SMILES string of the molecule is CCC(C)(CC(F)(F)F)C(=O)/C(C)=C(\OC)C(C)(CC(F)(F)F)CC(F)(F)F. The standard InChI is InChI=1S/C17H23F9O2/c1-6-13(3,7-15(18,19)20)11(27)10(2)12(28-5)14(4,8-16(21,22)23)9-17(24,25)26/h6-9H2,1-5H3/b12-10-. The van der Waals surface area contributed by atoms with Crippen LogP contribution < -0.4 is 0 Å². The Labute approximate surface area is 157 Å². The van der Waals surface area contributed by atoms with Crippen molar-refractivity contribution in [1.82, 2.24) is 0 Å². The molecule has 0 heterocycles. The van der Waals surface area contributed by atoms with E-state index >= 15 is 0 Å². The van der Waals surface area contributed by atoms with E-state index in [2.05, 4.69) is 0 Å². The molecule has 0 saturated carbocycles. The lowest BCUT2D eigenvalue weighted by Crippen LogP contribution is -2.37. The molecular weight excluding hydrogens is 407 g/mol. The van der Waals surface area contributed by atoms with Crippen molar-refractivity contribution < 1.29 is 49.0 Å². The van der Waals surface area contributed by atoms with Crippen LogP contribution in [0.1, 0.15) is 53.4 Å². The number of Topliss-reactive ketones (excluding diaryl/α,β-unsaturated/α-hetero) is 1. The van der Waals surface area contributed by atoms with Crippen molar-refractivity contribution in [2.24, 2.45) is 10.8 Å². The van der Waals surface area contributed by atoms with Crippen molar-refractivity contribution in [1.29, 1.82) is 0 Å². The fraction of sp³-hybridized carbons (Fsp3) is 0.824. The minimum absolute atomic E-state index is 0.324. The molecule has 0 amide bonds. The number of hydrogen-bond donors (Lipinski definition) is 0. The van der Waals surface area contributed by atoms with Crippen LogP contribution >= 0.6 is 0 Å². The maximum Gasteiger partial charge on any atom is 0.390 e. The summed E-state index contributed by atoms with van der Waals surface area (Å²) in [6.45, 7) is 3.74. The molecule has 0 spiro atoms. The zero-order chi connectivity index (χ0) is 22.8. The van der Waals surface area contributed by atoms with Crippen molar-refractivity contribution >= 4 is 5.78 Å². The summed E-state index contributed by atoms with van der Waals surface area (Å²) < 4.78 is 121. The van der Waals surface area contributed by atoms with Crippen molar-refractivity contribution in [3.8, 4) is 0 Å². The number of halogens is 9. The van der Waals surface area contributed by atoms with E-state index in [0.717, 1.165) is 21.0 Å². The van der Waals surface area contributed by atoms with Gasteiger partial charge in [-0.3, -0.25) is 4.79 Å². The summed E-state index contributed by atoms with van der Waals surface area (Å²) in [4.78, 5) is 12.7. The molecule has 2 nitrogen and oxygen atoms in total. The van der Waals surface area contributed by atoms with Gasteiger partial charge in [0.1, 0.15) is 5.76 Å². The Morgan fingerprint density at radius 2 is 1.07 bits per heavy atom. The highest BCUT2D eigenvalue weighted by molar-refractivity contribution is 5.99. The van der Waals surface area contributed by atoms with Crippen LogP contribution in [-0.2, 0) is 9.53 Å². The fourth-order valence-corrected chi connectivity index (χ4v) is 3.32. The van der Waals surface area contributed by atoms with Crippen molar-refractivity contribution in [2.45, 2.75) is 71.9 Å². The van der Waals surface area contributed by atoms with Crippen LogP contribution in [0, 0.1) is 10.8 Å². The largest absolute Gasteiger partial charge is 0.500 e. The third kappa shape index (κ3) is 7.90. The molecule has 0 aromatic carbocycles. The Morgan fingerprint density at radius 3 is 1.32 bits per heavy atom. The molecule has 0 fully saturated rings. The first-order valence-electron chi connectivity index (χ1n) is 8.20. The summed E-state index contributed by atoms with van der Waals surface area (Å²) in [6, 6.07) is 0. The van der Waals surface area contributed by atoms with E-state index in [9.17, 15) is 44.3 Å². The van der Waals surface area contributed by atoms with E-state index in [1.807, 2.05) is 0 Å². The smallest absolute Gasteiger partial charge is 0.390 e. The second-order valence-electron chi connectivity index (χ2n) is 7.34. The van der Waals surface area contributed by atoms with Crippen molar-refractivity contribution in [3.63, 3.8) is 0 Å². The number of methoxy groups -OCH3 is 1. The molecule has 166 valence electrons. The van der Waals surface area contributed by atoms with Gasteiger partial charge >= 0.3 is 18.5 Å². The van der Waals surface area contributed by atoms with Crippen LogP contribution in [0.15, 0.2) is 11.3 Å². The summed E-state index contributed by atoms with van der Waals surface area (Å²) >= 11 is 0. The molecule has 0 aliphatic rings. The Bertz CT molecular complexity index is 569. The average molecular weight is 430 g/mol. The fourth-order valence-electron chi connectivity index (χ4n) is 3.32. The van der Waals surface area contributed by atoms with Gasteiger partial charge in [0.05, 0.1) is 26.4 Å². The summed E-state index contributed by atoms with van der Waals surface area (Å²) in [5.74, 6) is -2.13. The highest BCUT2D eigenvalue weighted by atomic mass is 19.4. The lowest BCUT2D eigenvalue weighted by molar-refractivity contribution is -0.191. The van der Waals surface area contributed by atoms with Crippen LogP contribution in [-0.4, -0.2) is 31.4 Å². The van der Waals surface area contributed by atoms with Gasteiger partial charge in [0, 0.05) is 16.4 Å². The molecule has 0 bridgehead atoms. The second kappa shape index (κ2) is 8.52. The number of carbonyl (C=O) groups excluding carboxylic acids is 1. The molecule has 0 aromatic heterocycles. The summed E-state index contributed by atoms with van der Waals surface area (Å²) in [6.07, 6.45) is -20.6. The van der Waals surface area contributed by atoms with Gasteiger partial charge in [-0.1, -0.05) is 20.8 Å². The van der Waals surface area contributed by atoms with Gasteiger partial charge in [0.15, 0.2) is 5.78 Å². The first-order chi connectivity index (χ1) is 12.2. The Balaban J connectivity index is 6.42. The van der Waals surface area contributed by atoms with Gasteiger partial charge in [0.25, 0.3) is 0 Å². The van der Waals surface area contributed by atoms with E-state index in [1.165, 1.54) is 6.92 Å². The van der Waals surface area contributed by atoms with Gasteiger partial charge in [-0.15, -0.1) is 0 Å². The first-order valence-corrected chi connectivity index (χ1v) is 8.20. The lowest BCUT2D eigenvalue weighted by atomic mass is 9.73. The minimum Gasteiger partial charge on any atom is -0.500 e. The number of allylic oxidation sites excluding steroid dienone is 2. The molecule has 1 unspecified atom stereocenters. The average Bonchev–Trinajstić information content (AvgIpc) is 2.40. The van der Waals surface area contributed by atoms with Crippen LogP contribution in [0.3, 0.4) is 0 Å². The third-order valence-corrected chi connectivity index (χ3v) is 4.53. The molecule has 0 rings (SSSR count). The molecular formula is C17H23F9O2. The van der Waals surface area contributed by atoms with Crippen LogP contribution in [0.4, 0.5) is 39.5 Å². The molecule has 0 aromatic rings. The molecule has 11 heteroatoms. The monoisotopic (exact) mass is 430 g/mol. The number of alkyl halides is 9. The molecule has 0 aliphatic heterocycles. The van der Waals surface area contributed by atoms with E-state index in [1.54, 1.807) is 0 Å². The molecule has 28 heavy (non-hydrogen) atoms. The zero-order valence-corrected chi connectivity index (χ0v) is 16.0. The van der Waals surface area contributed by atoms with Crippen LogP contribution in [0.25, 0.3) is 0 Å². The number of rotatable bonds is 8. The van der Waals surface area contributed by atoms with E-state index < -0.39 is 65.7 Å². The van der Waals surface area contributed by atoms with Crippen molar-refractivity contribution in [2.75, 3.05) is 7.11 Å². The highest BCUT2D eigenvalue weighted by Crippen LogP contribution is 2.49. The quantitative estimate of drug-likeness (QED) is 0.242. The molecule has 0 saturated heterocycles. The predicted octanol–water partition coefficient (Wildman–Crippen LogP) is 6.76. The molecule has 0 N–H and O–H groups in total. The topological polar surface area (TPSA) is 26.3 Å². The maximum atomic E-state index is 12.9. The zero-order valence-electron chi connectivity index (χ0n) is 16.0. The number of ether oxygens (including phenoxy) is 1. The normalized spacial score (nSPS) is 17.1. The first kappa shape index (κ1) is 26.6. The number of carbonyl (C=O) groups is 1. The molecule has 0 radical (unpaired) electrons. The summed E-state index contributed by atoms with van der Waals surface area (Å²) in [7, 11) is 0.782. The van der Waals surface area contributed by atoms with Crippen LogP contribution in [0.5, 0.6) is 0 Å². The van der Waals surface area contributed by atoms with Gasteiger partial charge < -0.3 is 4.74 Å². The van der Waals surface area contributed by atoms with E-state index in [0.29, 0.717) is 6.92 Å². The Hall–Kier alpha value is -1.42. The van der Waals surface area contributed by atoms with Gasteiger partial charge in [-0.05, 0) is 13.3 Å². The minimum atomic E-state index is -5.03. The second-order valence-corrected chi connectivity index (χ2v) is 7.34. The van der Waals surface area contributed by atoms with Gasteiger partial charge in [0.2, 0.25) is 0 Å². The Morgan fingerprint density at radius 1 is 0.750 bits per heavy atom. The van der Waals surface area contributed by atoms with Gasteiger partial charge in [-0.25, -0.2) is 0 Å².